The van der Waals surface area contributed by atoms with Gasteiger partial charge >= 0.3 is 0 Å². The third-order valence-electron chi connectivity index (χ3n) is 6.80. The van der Waals surface area contributed by atoms with E-state index < -0.39 is 24.4 Å². The lowest BCUT2D eigenvalue weighted by molar-refractivity contribution is -0.181. The predicted octanol–water partition coefficient (Wildman–Crippen LogP) is 4.26. The molecule has 0 spiro atoms. The van der Waals surface area contributed by atoms with E-state index in [4.69, 9.17) is 25.8 Å². The van der Waals surface area contributed by atoms with Crippen LogP contribution in [0.25, 0.3) is 0 Å². The Balaban J connectivity index is 1.22. The lowest BCUT2D eigenvalue weighted by Gasteiger charge is -2.36. The van der Waals surface area contributed by atoms with Gasteiger partial charge in [0.1, 0.15) is 36.5 Å². The van der Waals surface area contributed by atoms with E-state index in [1.165, 1.54) is 12.1 Å². The van der Waals surface area contributed by atoms with E-state index >= 15 is 0 Å². The Morgan fingerprint density at radius 3 is 2.61 bits per heavy atom. The molecule has 1 fully saturated rings. The first-order chi connectivity index (χ1) is 17.4. The van der Waals surface area contributed by atoms with Gasteiger partial charge in [0, 0.05) is 11.4 Å². The number of benzene rings is 3. The van der Waals surface area contributed by atoms with Crippen molar-refractivity contribution in [2.75, 3.05) is 13.2 Å². The highest BCUT2D eigenvalue weighted by Gasteiger charge is 2.37. The zero-order chi connectivity index (χ0) is 25.2. The van der Waals surface area contributed by atoms with Crippen LogP contribution >= 0.6 is 11.6 Å². The monoisotopic (exact) mass is 514 g/mol. The molecule has 2 aliphatic heterocycles. The molecule has 0 aromatic heterocycles. The maximum atomic E-state index is 13.4. The van der Waals surface area contributed by atoms with Crippen LogP contribution in [-0.4, -0.2) is 46.8 Å². The number of rotatable bonds is 7. The van der Waals surface area contributed by atoms with Gasteiger partial charge in [0.2, 0.25) is 0 Å². The largest absolute Gasteiger partial charge is 0.491 e. The van der Waals surface area contributed by atoms with Crippen LogP contribution in [0.3, 0.4) is 0 Å². The van der Waals surface area contributed by atoms with Crippen LogP contribution in [0.5, 0.6) is 5.75 Å². The topological polar surface area (TPSA) is 88.4 Å². The molecule has 0 amide bonds. The van der Waals surface area contributed by atoms with Crippen molar-refractivity contribution in [3.05, 3.63) is 99.3 Å². The van der Waals surface area contributed by atoms with Crippen molar-refractivity contribution < 1.29 is 33.9 Å². The summed E-state index contributed by atoms with van der Waals surface area (Å²) < 4.78 is 30.9. The van der Waals surface area contributed by atoms with Gasteiger partial charge in [0.05, 0.1) is 25.4 Å². The Kier molecular flexibility index (Phi) is 7.57. The maximum absolute atomic E-state index is 13.4. The van der Waals surface area contributed by atoms with E-state index in [-0.39, 0.29) is 24.9 Å². The minimum absolute atomic E-state index is 0.228. The second-order valence-corrected chi connectivity index (χ2v) is 9.67. The molecule has 6 nitrogen and oxygen atoms in total. The van der Waals surface area contributed by atoms with Crippen LogP contribution < -0.4 is 4.74 Å². The molecular formula is C28H28ClFO6. The quantitative estimate of drug-likeness (QED) is 0.436. The highest BCUT2D eigenvalue weighted by molar-refractivity contribution is 6.31. The molecule has 3 N–H and O–H groups in total. The van der Waals surface area contributed by atoms with Crippen LogP contribution in [0.1, 0.15) is 46.4 Å². The molecule has 0 bridgehead atoms. The van der Waals surface area contributed by atoms with E-state index in [1.807, 2.05) is 36.4 Å². The molecule has 190 valence electrons. The summed E-state index contributed by atoms with van der Waals surface area (Å²) in [6.45, 7) is 0.343. The van der Waals surface area contributed by atoms with Gasteiger partial charge in [0.25, 0.3) is 0 Å². The van der Waals surface area contributed by atoms with Gasteiger partial charge in [-0.15, -0.1) is 0 Å². The van der Waals surface area contributed by atoms with Gasteiger partial charge in [0.15, 0.2) is 0 Å². The molecule has 5 rings (SSSR count). The molecule has 3 aromatic rings. The molecule has 3 aromatic carbocycles. The molecule has 0 unspecified atom stereocenters. The number of aliphatic hydroxyl groups is 3. The number of ether oxygens (including phenoxy) is 3. The highest BCUT2D eigenvalue weighted by atomic mass is 35.5. The first-order valence-corrected chi connectivity index (χ1v) is 12.3. The summed E-state index contributed by atoms with van der Waals surface area (Å²) in [5, 5.41) is 30.2. The molecule has 0 aliphatic carbocycles. The van der Waals surface area contributed by atoms with Crippen LogP contribution in [-0.2, 0) is 22.5 Å². The van der Waals surface area contributed by atoms with Crippen LogP contribution in [0.4, 0.5) is 4.39 Å². The fourth-order valence-electron chi connectivity index (χ4n) is 4.78. The number of halogens is 2. The summed E-state index contributed by atoms with van der Waals surface area (Å²) in [4.78, 5) is 0. The summed E-state index contributed by atoms with van der Waals surface area (Å²) in [6.07, 6.45) is -2.79. The normalized spacial score (nSPS) is 25.5. The number of hydrogen-bond acceptors (Lipinski definition) is 6. The molecule has 2 heterocycles. The van der Waals surface area contributed by atoms with Crippen LogP contribution in [0.15, 0.2) is 60.7 Å². The van der Waals surface area contributed by atoms with Crippen molar-refractivity contribution >= 4 is 11.6 Å². The summed E-state index contributed by atoms with van der Waals surface area (Å²) in [6, 6.07) is 18.0. The average molecular weight is 515 g/mol. The lowest BCUT2D eigenvalue weighted by atomic mass is 9.92. The molecule has 2 aliphatic rings. The first-order valence-electron chi connectivity index (χ1n) is 11.9. The smallest absolute Gasteiger partial charge is 0.123 e. The van der Waals surface area contributed by atoms with Gasteiger partial charge in [-0.25, -0.2) is 4.39 Å². The molecular weight excluding hydrogens is 487 g/mol. The molecule has 1 saturated heterocycles. The predicted molar refractivity (Wildman–Crippen MR) is 131 cm³/mol. The Morgan fingerprint density at radius 2 is 1.83 bits per heavy atom. The van der Waals surface area contributed by atoms with Gasteiger partial charge in [-0.05, 0) is 64.6 Å². The summed E-state index contributed by atoms with van der Waals surface area (Å²) >= 11 is 6.47. The molecule has 0 radical (unpaired) electrons. The van der Waals surface area contributed by atoms with Crippen LogP contribution in [0, 0.1) is 5.82 Å². The average Bonchev–Trinajstić information content (AvgIpc) is 3.28. The van der Waals surface area contributed by atoms with Crippen LogP contribution in [0.2, 0.25) is 5.02 Å². The Labute approximate surface area is 213 Å². The minimum Gasteiger partial charge on any atom is -0.491 e. The van der Waals surface area contributed by atoms with Gasteiger partial charge < -0.3 is 29.5 Å². The third kappa shape index (κ3) is 5.42. The first kappa shape index (κ1) is 25.1. The van der Waals surface area contributed by atoms with Gasteiger partial charge in [-0.3, -0.25) is 0 Å². The Morgan fingerprint density at radius 1 is 1.03 bits per heavy atom. The van der Waals surface area contributed by atoms with Crippen molar-refractivity contribution in [2.45, 2.75) is 50.0 Å². The zero-order valence-corrected chi connectivity index (χ0v) is 20.3. The van der Waals surface area contributed by atoms with Crippen molar-refractivity contribution in [1.82, 2.24) is 0 Å². The standard InChI is InChI=1S/C28H28ClFO6/c29-23-8-3-17(25-12-24(32)28(33)26(13-31)36-25)10-18(23)9-16-1-5-21(6-2-16)34-15-27-22-7-4-20(30)11-19(22)14-35-27/h1-8,10-11,24-28,31-33H,9,12-15H2/t24-,25-,26-,27-,28+/m1/s1. The second kappa shape index (κ2) is 10.8. The zero-order valence-electron chi connectivity index (χ0n) is 19.5. The van der Waals surface area contributed by atoms with E-state index in [2.05, 4.69) is 0 Å². The second-order valence-electron chi connectivity index (χ2n) is 9.26. The van der Waals surface area contributed by atoms with Gasteiger partial charge in [-0.2, -0.15) is 0 Å². The molecule has 36 heavy (non-hydrogen) atoms. The van der Waals surface area contributed by atoms with Crippen molar-refractivity contribution in [2.24, 2.45) is 0 Å². The molecule has 5 atom stereocenters. The fraction of sp³-hybridized carbons (Fsp3) is 0.357. The number of hydrogen-bond donors (Lipinski definition) is 3. The van der Waals surface area contributed by atoms with Crippen molar-refractivity contribution in [3.8, 4) is 5.75 Å². The van der Waals surface area contributed by atoms with E-state index in [0.717, 1.165) is 27.8 Å². The summed E-state index contributed by atoms with van der Waals surface area (Å²) in [7, 11) is 0. The fourth-order valence-corrected chi connectivity index (χ4v) is 4.96. The van der Waals surface area contributed by atoms with Crippen molar-refractivity contribution in [1.29, 1.82) is 0 Å². The van der Waals surface area contributed by atoms with Crippen molar-refractivity contribution in [3.63, 3.8) is 0 Å². The van der Waals surface area contributed by atoms with E-state index in [1.54, 1.807) is 12.1 Å². The molecule has 8 heteroatoms. The highest BCUT2D eigenvalue weighted by Crippen LogP contribution is 2.35. The Bertz CT molecular complexity index is 1200. The van der Waals surface area contributed by atoms with E-state index in [9.17, 15) is 19.7 Å². The number of aliphatic hydroxyl groups excluding tert-OH is 3. The minimum atomic E-state index is -1.11. The number of fused-ring (bicyclic) bond motifs is 1. The molecule has 0 saturated carbocycles. The third-order valence-corrected chi connectivity index (χ3v) is 7.17. The lowest BCUT2D eigenvalue weighted by Crippen LogP contribution is -2.47. The SMILES string of the molecule is OC[C@H]1O[C@@H](c2ccc(Cl)c(Cc3ccc(OC[C@H]4OCc5cc(F)ccc54)cc3)c2)C[C@@H](O)[C@@H]1O. The summed E-state index contributed by atoms with van der Waals surface area (Å²) in [5.74, 6) is 0.438. The van der Waals surface area contributed by atoms with E-state index in [0.29, 0.717) is 30.4 Å². The maximum Gasteiger partial charge on any atom is 0.123 e. The Hall–Kier alpha value is -2.52. The van der Waals surface area contributed by atoms with Gasteiger partial charge in [-0.1, -0.05) is 41.9 Å². The summed E-state index contributed by atoms with van der Waals surface area (Å²) in [5.41, 5.74) is 4.57.